The normalized spacial score (nSPS) is 18.7. The molecule has 1 atom stereocenters. The van der Waals surface area contributed by atoms with Crippen LogP contribution < -0.4 is 5.73 Å². The molecule has 3 nitrogen and oxygen atoms in total. The highest BCUT2D eigenvalue weighted by molar-refractivity contribution is 5.55. The van der Waals surface area contributed by atoms with E-state index in [0.29, 0.717) is 11.4 Å². The van der Waals surface area contributed by atoms with Crippen molar-refractivity contribution in [2.45, 2.75) is 31.7 Å². The van der Waals surface area contributed by atoms with Crippen LogP contribution in [0.25, 0.3) is 11.4 Å². The van der Waals surface area contributed by atoms with E-state index in [1.165, 1.54) is 12.1 Å². The maximum atomic E-state index is 13.2. The van der Waals surface area contributed by atoms with Crippen molar-refractivity contribution in [3.05, 3.63) is 47.5 Å². The van der Waals surface area contributed by atoms with E-state index in [-0.39, 0.29) is 11.9 Å². The maximum Gasteiger partial charge on any atom is 0.159 e. The summed E-state index contributed by atoms with van der Waals surface area (Å²) in [6, 6.07) is 6.40. The van der Waals surface area contributed by atoms with E-state index in [1.54, 1.807) is 12.3 Å². The van der Waals surface area contributed by atoms with Gasteiger partial charge in [0.05, 0.1) is 0 Å². The second-order valence-corrected chi connectivity index (χ2v) is 4.96. The van der Waals surface area contributed by atoms with Crippen molar-refractivity contribution in [2.24, 2.45) is 5.73 Å². The third-order valence-corrected chi connectivity index (χ3v) is 3.56. The molecule has 19 heavy (non-hydrogen) atoms. The van der Waals surface area contributed by atoms with Gasteiger partial charge in [-0.05, 0) is 31.4 Å². The number of hydrogen-bond acceptors (Lipinski definition) is 3. The van der Waals surface area contributed by atoms with Gasteiger partial charge in [0.15, 0.2) is 5.82 Å². The lowest BCUT2D eigenvalue weighted by atomic mass is 10.1. The van der Waals surface area contributed by atoms with Gasteiger partial charge in [-0.25, -0.2) is 14.4 Å². The second-order valence-electron chi connectivity index (χ2n) is 4.96. The molecular formula is C15H16FN3. The fourth-order valence-corrected chi connectivity index (χ4v) is 2.52. The number of fused-ring (bicyclic) bond motifs is 1. The van der Waals surface area contributed by atoms with Gasteiger partial charge in [-0.1, -0.05) is 18.6 Å². The zero-order valence-corrected chi connectivity index (χ0v) is 10.6. The van der Waals surface area contributed by atoms with Gasteiger partial charge in [0.2, 0.25) is 0 Å². The maximum absolute atomic E-state index is 13.2. The fraction of sp³-hybridized carbons (Fsp3) is 0.333. The van der Waals surface area contributed by atoms with Crippen molar-refractivity contribution in [1.82, 2.24) is 9.97 Å². The molecular weight excluding hydrogens is 241 g/mol. The third-order valence-electron chi connectivity index (χ3n) is 3.56. The van der Waals surface area contributed by atoms with Gasteiger partial charge >= 0.3 is 0 Å². The number of halogens is 1. The van der Waals surface area contributed by atoms with Crippen LogP contribution in [0.1, 0.15) is 36.6 Å². The Labute approximate surface area is 111 Å². The molecule has 2 N–H and O–H groups in total. The fourth-order valence-electron chi connectivity index (χ4n) is 2.52. The second kappa shape index (κ2) is 5.05. The minimum Gasteiger partial charge on any atom is -0.324 e. The summed E-state index contributed by atoms with van der Waals surface area (Å²) in [6.07, 6.45) is 5.93. The molecule has 98 valence electrons. The van der Waals surface area contributed by atoms with Crippen LogP contribution >= 0.6 is 0 Å². The van der Waals surface area contributed by atoms with Gasteiger partial charge in [-0.2, -0.15) is 0 Å². The molecule has 3 rings (SSSR count). The topological polar surface area (TPSA) is 51.8 Å². The van der Waals surface area contributed by atoms with E-state index in [9.17, 15) is 4.39 Å². The van der Waals surface area contributed by atoms with E-state index in [4.69, 9.17) is 5.73 Å². The number of aryl methyl sites for hydroxylation is 1. The standard InChI is InChI=1S/C15H16FN3/c16-11-5-3-4-10(8-11)15-18-9-12-13(17)6-1-2-7-14(12)19-15/h3-5,8-9,13H,1-2,6-7,17H2. The highest BCUT2D eigenvalue weighted by atomic mass is 19.1. The van der Waals surface area contributed by atoms with Crippen LogP contribution in [0.15, 0.2) is 30.5 Å². The molecule has 0 radical (unpaired) electrons. The number of benzene rings is 1. The van der Waals surface area contributed by atoms with Crippen LogP contribution in [0, 0.1) is 5.82 Å². The van der Waals surface area contributed by atoms with Crippen molar-refractivity contribution in [1.29, 1.82) is 0 Å². The van der Waals surface area contributed by atoms with Crippen LogP contribution in [0.4, 0.5) is 4.39 Å². The summed E-state index contributed by atoms with van der Waals surface area (Å²) in [7, 11) is 0. The molecule has 4 heteroatoms. The van der Waals surface area contributed by atoms with Crippen LogP contribution in [-0.4, -0.2) is 9.97 Å². The summed E-state index contributed by atoms with van der Waals surface area (Å²) in [5.41, 5.74) is 8.88. The molecule has 0 aliphatic heterocycles. The first kappa shape index (κ1) is 12.2. The summed E-state index contributed by atoms with van der Waals surface area (Å²) in [4.78, 5) is 8.91. The van der Waals surface area contributed by atoms with Gasteiger partial charge < -0.3 is 5.73 Å². The molecule has 0 spiro atoms. The van der Waals surface area contributed by atoms with Crippen LogP contribution in [0.2, 0.25) is 0 Å². The summed E-state index contributed by atoms with van der Waals surface area (Å²) in [5.74, 6) is 0.306. The number of nitrogens with zero attached hydrogens (tertiary/aromatic N) is 2. The van der Waals surface area contributed by atoms with E-state index < -0.39 is 0 Å². The average Bonchev–Trinajstić information content (AvgIpc) is 2.60. The van der Waals surface area contributed by atoms with Crippen molar-refractivity contribution >= 4 is 0 Å². The zero-order chi connectivity index (χ0) is 13.2. The highest BCUT2D eigenvalue weighted by Gasteiger charge is 2.17. The monoisotopic (exact) mass is 257 g/mol. The average molecular weight is 257 g/mol. The molecule has 1 heterocycles. The predicted molar refractivity (Wildman–Crippen MR) is 71.9 cm³/mol. The Balaban J connectivity index is 2.03. The van der Waals surface area contributed by atoms with Gasteiger partial charge in [-0.15, -0.1) is 0 Å². The molecule has 1 aromatic carbocycles. The minimum atomic E-state index is -0.271. The molecule has 1 aliphatic rings. The molecule has 0 bridgehead atoms. The highest BCUT2D eigenvalue weighted by Crippen LogP contribution is 2.27. The molecule has 0 fully saturated rings. The molecule has 1 aromatic heterocycles. The van der Waals surface area contributed by atoms with Gasteiger partial charge in [0.25, 0.3) is 0 Å². The molecule has 1 unspecified atom stereocenters. The van der Waals surface area contributed by atoms with Crippen molar-refractivity contribution in [3.63, 3.8) is 0 Å². The molecule has 2 aromatic rings. The Bertz CT molecular complexity index is 598. The number of hydrogen-bond donors (Lipinski definition) is 1. The Morgan fingerprint density at radius 1 is 1.26 bits per heavy atom. The van der Waals surface area contributed by atoms with Crippen LogP contribution in [0.3, 0.4) is 0 Å². The number of nitrogens with two attached hydrogens (primary N) is 1. The summed E-state index contributed by atoms with van der Waals surface area (Å²) in [6.45, 7) is 0. The Hall–Kier alpha value is -1.81. The summed E-state index contributed by atoms with van der Waals surface area (Å²) < 4.78 is 13.2. The van der Waals surface area contributed by atoms with Gasteiger partial charge in [0.1, 0.15) is 5.82 Å². The quantitative estimate of drug-likeness (QED) is 0.799. The Morgan fingerprint density at radius 2 is 2.16 bits per heavy atom. The van der Waals surface area contributed by atoms with Crippen LogP contribution in [0.5, 0.6) is 0 Å². The smallest absolute Gasteiger partial charge is 0.159 e. The molecule has 0 amide bonds. The lowest BCUT2D eigenvalue weighted by molar-refractivity contribution is 0.614. The summed E-state index contributed by atoms with van der Waals surface area (Å²) >= 11 is 0. The summed E-state index contributed by atoms with van der Waals surface area (Å²) in [5, 5.41) is 0. The first-order valence-electron chi connectivity index (χ1n) is 6.61. The van der Waals surface area contributed by atoms with Crippen molar-refractivity contribution in [2.75, 3.05) is 0 Å². The SMILES string of the molecule is NC1CCCCc2nc(-c3cccc(F)c3)ncc21. The first-order chi connectivity index (χ1) is 9.24. The zero-order valence-electron chi connectivity index (χ0n) is 10.6. The lowest BCUT2D eigenvalue weighted by Crippen LogP contribution is -2.12. The Morgan fingerprint density at radius 3 is 3.00 bits per heavy atom. The van der Waals surface area contributed by atoms with Crippen LogP contribution in [-0.2, 0) is 6.42 Å². The van der Waals surface area contributed by atoms with Crippen molar-refractivity contribution < 1.29 is 4.39 Å². The minimum absolute atomic E-state index is 0.0269. The number of rotatable bonds is 1. The van der Waals surface area contributed by atoms with E-state index >= 15 is 0 Å². The van der Waals surface area contributed by atoms with Gasteiger partial charge in [-0.3, -0.25) is 0 Å². The van der Waals surface area contributed by atoms with E-state index in [2.05, 4.69) is 9.97 Å². The first-order valence-corrected chi connectivity index (χ1v) is 6.61. The van der Waals surface area contributed by atoms with E-state index in [1.807, 2.05) is 6.07 Å². The Kier molecular flexibility index (Phi) is 3.25. The van der Waals surface area contributed by atoms with Crippen molar-refractivity contribution in [3.8, 4) is 11.4 Å². The van der Waals surface area contributed by atoms with Gasteiger partial charge in [0, 0.05) is 29.1 Å². The van der Waals surface area contributed by atoms with E-state index in [0.717, 1.165) is 36.9 Å². The number of aromatic nitrogens is 2. The third kappa shape index (κ3) is 2.49. The predicted octanol–water partition coefficient (Wildman–Crippen LogP) is 3.01. The lowest BCUT2D eigenvalue weighted by Gasteiger charge is -2.12. The molecule has 0 saturated carbocycles. The molecule has 1 aliphatic carbocycles. The molecule has 0 saturated heterocycles. The largest absolute Gasteiger partial charge is 0.324 e.